The van der Waals surface area contributed by atoms with Gasteiger partial charge in [-0.05, 0) is 19.3 Å². The highest BCUT2D eigenvalue weighted by Crippen LogP contribution is 2.46. The standard InChI is InChI=1S/C16H33N3O.HI/c1-14(2,3)12(20-9)10-18-13(17-8)19-11-15(4,5)16(19,6)7;/h12H,10-11H2,1-9H3,(H,17,18);1H. The molecule has 4 nitrogen and oxygen atoms in total. The average molecular weight is 411 g/mol. The van der Waals surface area contributed by atoms with Gasteiger partial charge in [-0.25, -0.2) is 0 Å². The maximum absolute atomic E-state index is 5.60. The number of hydrogen-bond donors (Lipinski definition) is 1. The summed E-state index contributed by atoms with van der Waals surface area (Å²) < 4.78 is 5.60. The van der Waals surface area contributed by atoms with Gasteiger partial charge in [0.25, 0.3) is 0 Å². The van der Waals surface area contributed by atoms with Crippen molar-refractivity contribution in [3.63, 3.8) is 0 Å². The lowest BCUT2D eigenvalue weighted by Crippen LogP contribution is -2.72. The van der Waals surface area contributed by atoms with Gasteiger partial charge in [0.05, 0.1) is 6.10 Å². The first-order valence-corrected chi connectivity index (χ1v) is 7.48. The Bertz CT molecular complexity index is 372. The van der Waals surface area contributed by atoms with E-state index in [4.69, 9.17) is 4.74 Å². The van der Waals surface area contributed by atoms with E-state index in [-0.39, 0.29) is 41.0 Å². The van der Waals surface area contributed by atoms with Crippen LogP contribution in [0.25, 0.3) is 0 Å². The van der Waals surface area contributed by atoms with Crippen LogP contribution in [0.3, 0.4) is 0 Å². The quantitative estimate of drug-likeness (QED) is 0.440. The van der Waals surface area contributed by atoms with Gasteiger partial charge in [-0.15, -0.1) is 24.0 Å². The number of likely N-dealkylation sites (tertiary alicyclic amines) is 1. The average Bonchev–Trinajstić information content (AvgIpc) is 2.31. The van der Waals surface area contributed by atoms with Crippen molar-refractivity contribution >= 4 is 29.9 Å². The van der Waals surface area contributed by atoms with Crippen LogP contribution in [0.5, 0.6) is 0 Å². The van der Waals surface area contributed by atoms with E-state index in [1.807, 2.05) is 7.05 Å². The summed E-state index contributed by atoms with van der Waals surface area (Å²) >= 11 is 0. The lowest BCUT2D eigenvalue weighted by molar-refractivity contribution is -0.0676. The van der Waals surface area contributed by atoms with Crippen molar-refractivity contribution in [1.29, 1.82) is 0 Å². The largest absolute Gasteiger partial charge is 0.379 e. The summed E-state index contributed by atoms with van der Waals surface area (Å²) in [4.78, 5) is 6.79. The lowest BCUT2D eigenvalue weighted by Gasteiger charge is -2.62. The second-order valence-corrected chi connectivity index (χ2v) is 8.05. The number of nitrogens with one attached hydrogen (secondary N) is 1. The maximum Gasteiger partial charge on any atom is 0.194 e. The molecule has 0 radical (unpaired) electrons. The fourth-order valence-corrected chi connectivity index (χ4v) is 2.62. The van der Waals surface area contributed by atoms with E-state index in [9.17, 15) is 0 Å². The van der Waals surface area contributed by atoms with E-state index in [0.717, 1.165) is 19.0 Å². The van der Waals surface area contributed by atoms with E-state index in [2.05, 4.69) is 63.7 Å². The molecule has 0 aliphatic carbocycles. The predicted molar refractivity (Wildman–Crippen MR) is 102 cm³/mol. The molecule has 0 aromatic heterocycles. The Balaban J connectivity index is 0.00000400. The molecular weight excluding hydrogens is 377 g/mol. The highest BCUT2D eigenvalue weighted by Gasteiger charge is 2.53. The summed E-state index contributed by atoms with van der Waals surface area (Å²) in [5.74, 6) is 0.973. The van der Waals surface area contributed by atoms with Gasteiger partial charge < -0.3 is 15.0 Å². The molecule has 0 amide bonds. The minimum Gasteiger partial charge on any atom is -0.379 e. The van der Waals surface area contributed by atoms with Gasteiger partial charge in [0.1, 0.15) is 0 Å². The first-order chi connectivity index (χ1) is 8.97. The second-order valence-electron chi connectivity index (χ2n) is 8.05. The van der Waals surface area contributed by atoms with Crippen LogP contribution in [-0.2, 0) is 4.74 Å². The predicted octanol–water partition coefficient (Wildman–Crippen LogP) is 3.36. The van der Waals surface area contributed by atoms with Crippen LogP contribution >= 0.6 is 24.0 Å². The van der Waals surface area contributed by atoms with E-state index in [0.29, 0.717) is 5.41 Å². The first-order valence-electron chi connectivity index (χ1n) is 7.48. The zero-order chi connectivity index (χ0) is 15.8. The van der Waals surface area contributed by atoms with E-state index in [1.54, 1.807) is 7.11 Å². The molecule has 1 fully saturated rings. The van der Waals surface area contributed by atoms with Crippen molar-refractivity contribution in [2.45, 2.75) is 60.1 Å². The zero-order valence-corrected chi connectivity index (χ0v) is 17.5. The summed E-state index contributed by atoms with van der Waals surface area (Å²) in [5, 5.41) is 3.47. The Kier molecular flexibility index (Phi) is 7.01. The Labute approximate surface area is 148 Å². The van der Waals surface area contributed by atoms with E-state index < -0.39 is 0 Å². The first kappa shape index (κ1) is 21.0. The molecule has 1 aliphatic rings. The molecule has 126 valence electrons. The summed E-state index contributed by atoms with van der Waals surface area (Å²) in [6.07, 6.45) is 0.164. The Morgan fingerprint density at radius 2 is 1.81 bits per heavy atom. The number of nitrogens with zero attached hydrogens (tertiary/aromatic N) is 2. The number of halogens is 1. The summed E-state index contributed by atoms with van der Waals surface area (Å²) in [6, 6.07) is 0. The Hall–Kier alpha value is -0.0400. The molecule has 0 aromatic rings. The van der Waals surface area contributed by atoms with Gasteiger partial charge in [-0.2, -0.15) is 0 Å². The fourth-order valence-electron chi connectivity index (χ4n) is 2.62. The normalized spacial score (nSPS) is 22.1. The molecule has 1 unspecified atom stereocenters. The minimum atomic E-state index is 0. The molecule has 1 N–H and O–H groups in total. The number of methoxy groups -OCH3 is 1. The Morgan fingerprint density at radius 1 is 1.29 bits per heavy atom. The van der Waals surface area contributed by atoms with Crippen LogP contribution in [0.2, 0.25) is 0 Å². The van der Waals surface area contributed by atoms with Gasteiger partial charge in [0.15, 0.2) is 5.96 Å². The van der Waals surface area contributed by atoms with Gasteiger partial charge in [0, 0.05) is 38.2 Å². The molecule has 0 spiro atoms. The van der Waals surface area contributed by atoms with Crippen molar-refractivity contribution < 1.29 is 4.74 Å². The highest BCUT2D eigenvalue weighted by molar-refractivity contribution is 14.0. The van der Waals surface area contributed by atoms with Crippen molar-refractivity contribution in [3.8, 4) is 0 Å². The second kappa shape index (κ2) is 7.02. The van der Waals surface area contributed by atoms with Crippen LogP contribution in [0.1, 0.15) is 48.5 Å². The summed E-state index contributed by atoms with van der Waals surface area (Å²) in [6.45, 7) is 17.6. The van der Waals surface area contributed by atoms with Crippen LogP contribution in [0.15, 0.2) is 4.99 Å². The molecule has 1 atom stereocenters. The number of rotatable bonds is 3. The molecular formula is C16H34IN3O. The maximum atomic E-state index is 5.60. The molecule has 0 bridgehead atoms. The molecule has 1 saturated heterocycles. The van der Waals surface area contributed by atoms with E-state index >= 15 is 0 Å². The molecule has 0 aromatic carbocycles. The molecule has 21 heavy (non-hydrogen) atoms. The van der Waals surface area contributed by atoms with Gasteiger partial charge >= 0.3 is 0 Å². The fraction of sp³-hybridized carbons (Fsp3) is 0.938. The number of aliphatic imine (C=N–C) groups is 1. The van der Waals surface area contributed by atoms with Gasteiger partial charge in [-0.3, -0.25) is 4.99 Å². The highest BCUT2D eigenvalue weighted by atomic mass is 127. The summed E-state index contributed by atoms with van der Waals surface area (Å²) in [7, 11) is 3.62. The lowest BCUT2D eigenvalue weighted by atomic mass is 9.65. The van der Waals surface area contributed by atoms with Crippen LogP contribution in [0.4, 0.5) is 0 Å². The molecule has 1 rings (SSSR count). The Morgan fingerprint density at radius 3 is 2.10 bits per heavy atom. The van der Waals surface area contributed by atoms with Crippen molar-refractivity contribution in [1.82, 2.24) is 10.2 Å². The third kappa shape index (κ3) is 4.24. The topological polar surface area (TPSA) is 36.9 Å². The zero-order valence-electron chi connectivity index (χ0n) is 15.2. The molecule has 0 saturated carbocycles. The number of hydrogen-bond acceptors (Lipinski definition) is 2. The van der Waals surface area contributed by atoms with Crippen molar-refractivity contribution in [3.05, 3.63) is 0 Å². The number of guanidine groups is 1. The third-order valence-electron chi connectivity index (χ3n) is 5.05. The van der Waals surface area contributed by atoms with Crippen LogP contribution in [-0.4, -0.2) is 49.7 Å². The van der Waals surface area contributed by atoms with Gasteiger partial charge in [-0.1, -0.05) is 34.6 Å². The van der Waals surface area contributed by atoms with E-state index in [1.165, 1.54) is 0 Å². The summed E-state index contributed by atoms with van der Waals surface area (Å²) in [5.41, 5.74) is 0.554. The monoisotopic (exact) mass is 411 g/mol. The van der Waals surface area contributed by atoms with Crippen LogP contribution < -0.4 is 5.32 Å². The smallest absolute Gasteiger partial charge is 0.194 e. The minimum absolute atomic E-state index is 0. The number of ether oxygens (including phenoxy) is 1. The molecule has 5 heteroatoms. The molecule has 1 aliphatic heterocycles. The van der Waals surface area contributed by atoms with Crippen LogP contribution in [0, 0.1) is 10.8 Å². The third-order valence-corrected chi connectivity index (χ3v) is 5.05. The van der Waals surface area contributed by atoms with Crippen molar-refractivity contribution in [2.75, 3.05) is 27.2 Å². The molecule has 1 heterocycles. The SMILES string of the molecule is CN=C(NCC(OC)C(C)(C)C)N1CC(C)(C)C1(C)C.I. The van der Waals surface area contributed by atoms with Crippen molar-refractivity contribution in [2.24, 2.45) is 15.8 Å². The van der Waals surface area contributed by atoms with Gasteiger partial charge in [0.2, 0.25) is 0 Å².